The monoisotopic (exact) mass is 907 g/mol. The van der Waals surface area contributed by atoms with Crippen molar-refractivity contribution in [3.63, 3.8) is 0 Å². The van der Waals surface area contributed by atoms with E-state index in [1.165, 1.54) is 135 Å². The molecule has 6 heteroatoms. The summed E-state index contributed by atoms with van der Waals surface area (Å²) in [6.07, 6.45) is 67.4. The van der Waals surface area contributed by atoms with Crippen molar-refractivity contribution in [1.82, 2.24) is 0 Å². The number of ether oxygens (including phenoxy) is 3. The minimum atomic E-state index is -0.796. The fourth-order valence-electron chi connectivity index (χ4n) is 7.47. The lowest BCUT2D eigenvalue weighted by molar-refractivity contribution is -0.167. The van der Waals surface area contributed by atoms with Gasteiger partial charge >= 0.3 is 17.9 Å². The molecule has 0 saturated carbocycles. The first-order chi connectivity index (χ1) is 32.0. The van der Waals surface area contributed by atoms with Gasteiger partial charge in [-0.05, 0) is 116 Å². The number of allylic oxidation sites excluding steroid dienone is 12. The van der Waals surface area contributed by atoms with Gasteiger partial charge in [0.1, 0.15) is 13.2 Å². The third kappa shape index (κ3) is 51.7. The zero-order valence-electron chi connectivity index (χ0n) is 42.7. The number of hydrogen-bond donors (Lipinski definition) is 0. The summed E-state index contributed by atoms with van der Waals surface area (Å²) in [5, 5.41) is 0. The van der Waals surface area contributed by atoms with E-state index in [-0.39, 0.29) is 31.1 Å². The quantitative estimate of drug-likeness (QED) is 0.0262. The Labute approximate surface area is 402 Å². The van der Waals surface area contributed by atoms with Gasteiger partial charge in [-0.2, -0.15) is 0 Å². The molecule has 65 heavy (non-hydrogen) atoms. The van der Waals surface area contributed by atoms with Crippen molar-refractivity contribution in [2.45, 2.75) is 271 Å². The van der Waals surface area contributed by atoms with Crippen LogP contribution in [0.4, 0.5) is 0 Å². The Morgan fingerprint density at radius 2 is 0.554 bits per heavy atom. The maximum absolute atomic E-state index is 12.8. The lowest BCUT2D eigenvalue weighted by Crippen LogP contribution is -2.30. The van der Waals surface area contributed by atoms with E-state index in [4.69, 9.17) is 14.2 Å². The number of carbonyl (C=O) groups excluding carboxylic acids is 3. The second-order valence-electron chi connectivity index (χ2n) is 18.1. The number of esters is 3. The fraction of sp³-hybridized carbons (Fsp3) is 0.746. The van der Waals surface area contributed by atoms with Gasteiger partial charge in [0, 0.05) is 19.3 Å². The van der Waals surface area contributed by atoms with Crippen LogP contribution in [0.1, 0.15) is 265 Å². The largest absolute Gasteiger partial charge is 0.462 e. The molecule has 0 aromatic heterocycles. The average molecular weight is 907 g/mol. The molecular weight excluding hydrogens is 805 g/mol. The second kappa shape index (κ2) is 53.5. The van der Waals surface area contributed by atoms with Crippen molar-refractivity contribution in [2.75, 3.05) is 13.2 Å². The highest BCUT2D eigenvalue weighted by Crippen LogP contribution is 2.14. The Hall–Kier alpha value is -3.15. The third-order valence-electron chi connectivity index (χ3n) is 11.7. The molecular formula is C59H102O6. The van der Waals surface area contributed by atoms with Crippen LogP contribution in [0.25, 0.3) is 0 Å². The smallest absolute Gasteiger partial charge is 0.306 e. The lowest BCUT2D eigenvalue weighted by atomic mass is 10.1. The van der Waals surface area contributed by atoms with Crippen molar-refractivity contribution in [2.24, 2.45) is 0 Å². The van der Waals surface area contributed by atoms with E-state index in [9.17, 15) is 14.4 Å². The van der Waals surface area contributed by atoms with Gasteiger partial charge in [-0.25, -0.2) is 0 Å². The van der Waals surface area contributed by atoms with Gasteiger partial charge in [0.05, 0.1) is 0 Å². The maximum Gasteiger partial charge on any atom is 0.306 e. The van der Waals surface area contributed by atoms with Crippen molar-refractivity contribution >= 4 is 17.9 Å². The summed E-state index contributed by atoms with van der Waals surface area (Å²) < 4.78 is 16.8. The molecule has 0 aliphatic carbocycles. The highest BCUT2D eigenvalue weighted by molar-refractivity contribution is 5.71. The molecule has 1 atom stereocenters. The van der Waals surface area contributed by atoms with E-state index in [0.29, 0.717) is 19.3 Å². The van der Waals surface area contributed by atoms with E-state index in [1.807, 2.05) is 0 Å². The summed E-state index contributed by atoms with van der Waals surface area (Å²) in [6.45, 7) is 6.53. The molecule has 0 heterocycles. The molecule has 0 fully saturated rings. The minimum Gasteiger partial charge on any atom is -0.462 e. The van der Waals surface area contributed by atoms with Gasteiger partial charge in [-0.15, -0.1) is 0 Å². The summed E-state index contributed by atoms with van der Waals surface area (Å²) in [5.41, 5.74) is 0. The summed E-state index contributed by atoms with van der Waals surface area (Å²) in [6, 6.07) is 0. The normalized spacial score (nSPS) is 12.6. The molecule has 0 aromatic carbocycles. The Morgan fingerprint density at radius 3 is 0.938 bits per heavy atom. The van der Waals surface area contributed by atoms with Crippen LogP contribution >= 0.6 is 0 Å². The molecule has 0 saturated heterocycles. The number of rotatable bonds is 49. The number of hydrogen-bond acceptors (Lipinski definition) is 6. The van der Waals surface area contributed by atoms with Crippen LogP contribution in [0, 0.1) is 0 Å². The average Bonchev–Trinajstić information content (AvgIpc) is 3.30. The third-order valence-corrected chi connectivity index (χ3v) is 11.7. The van der Waals surface area contributed by atoms with Crippen LogP contribution in [0.5, 0.6) is 0 Å². The van der Waals surface area contributed by atoms with E-state index in [1.54, 1.807) is 0 Å². The van der Waals surface area contributed by atoms with Crippen molar-refractivity contribution < 1.29 is 28.6 Å². The van der Waals surface area contributed by atoms with Gasteiger partial charge in [-0.1, -0.05) is 203 Å². The van der Waals surface area contributed by atoms with Crippen LogP contribution in [0.3, 0.4) is 0 Å². The fourth-order valence-corrected chi connectivity index (χ4v) is 7.47. The molecule has 0 spiro atoms. The Morgan fingerprint density at radius 1 is 0.308 bits per heavy atom. The van der Waals surface area contributed by atoms with Gasteiger partial charge < -0.3 is 14.2 Å². The highest BCUT2D eigenvalue weighted by atomic mass is 16.6. The van der Waals surface area contributed by atoms with Crippen LogP contribution in [-0.4, -0.2) is 37.2 Å². The Kier molecular flexibility index (Phi) is 50.9. The van der Waals surface area contributed by atoms with Crippen LogP contribution < -0.4 is 0 Å². The summed E-state index contributed by atoms with van der Waals surface area (Å²) in [5.74, 6) is -0.941. The lowest BCUT2D eigenvalue weighted by Gasteiger charge is -2.18. The number of carbonyl (C=O) groups is 3. The first-order valence-corrected chi connectivity index (χ1v) is 27.4. The molecule has 0 aliphatic heterocycles. The number of unbranched alkanes of at least 4 members (excludes halogenated alkanes) is 26. The minimum absolute atomic E-state index is 0.0928. The summed E-state index contributed by atoms with van der Waals surface area (Å²) in [7, 11) is 0. The first kappa shape index (κ1) is 61.9. The predicted octanol–water partition coefficient (Wildman–Crippen LogP) is 18.2. The highest BCUT2D eigenvalue weighted by Gasteiger charge is 2.19. The molecule has 0 unspecified atom stereocenters. The molecule has 0 N–H and O–H groups in total. The van der Waals surface area contributed by atoms with Crippen molar-refractivity contribution in [3.8, 4) is 0 Å². The first-order valence-electron chi connectivity index (χ1n) is 27.4. The van der Waals surface area contributed by atoms with Crippen LogP contribution in [0.15, 0.2) is 72.9 Å². The molecule has 0 aromatic rings. The standard InChI is InChI=1S/C59H102O6/c1-4-7-10-13-16-19-22-25-27-28-29-30-32-35-37-40-43-46-49-52-58(61)64-55-56(65-59(62)53-50-47-44-41-38-33-24-21-18-15-12-9-6-3)54-63-57(60)51-48-45-42-39-36-34-31-26-23-20-17-14-11-8-5-2/h16-17,19-21,24-27,31,36,39,56H,4-15,18,22-23,28-30,32-35,37-38,40-55H2,1-3H3/b19-16-,20-17-,24-21-,27-25-,31-26-,39-36-/t56-/m0/s1. The topological polar surface area (TPSA) is 78.9 Å². The molecule has 0 radical (unpaired) electrons. The zero-order chi connectivity index (χ0) is 47.2. The maximum atomic E-state index is 12.8. The van der Waals surface area contributed by atoms with Crippen molar-refractivity contribution in [1.29, 1.82) is 0 Å². The molecule has 0 rings (SSSR count). The molecule has 0 bridgehead atoms. The Bertz CT molecular complexity index is 1230. The molecule has 0 aliphatic rings. The predicted molar refractivity (Wildman–Crippen MR) is 279 cm³/mol. The summed E-state index contributed by atoms with van der Waals surface area (Å²) in [4.78, 5) is 38.0. The van der Waals surface area contributed by atoms with Gasteiger partial charge in [0.15, 0.2) is 6.10 Å². The van der Waals surface area contributed by atoms with Crippen LogP contribution in [-0.2, 0) is 28.6 Å². The second-order valence-corrected chi connectivity index (χ2v) is 18.1. The SMILES string of the molecule is CCCCC/C=C\C/C=C\C/C=C\CCCCC(=O)OC[C@@H](COC(=O)CCCCCCCCCCC/C=C\C/C=C\CCCCC)OC(=O)CCCCCCC/C=C\CCCCCC. The van der Waals surface area contributed by atoms with E-state index in [0.717, 1.165) is 89.9 Å². The van der Waals surface area contributed by atoms with E-state index in [2.05, 4.69) is 93.7 Å². The molecule has 374 valence electrons. The van der Waals surface area contributed by atoms with Gasteiger partial charge in [-0.3, -0.25) is 14.4 Å². The van der Waals surface area contributed by atoms with Crippen molar-refractivity contribution in [3.05, 3.63) is 72.9 Å². The van der Waals surface area contributed by atoms with Crippen LogP contribution in [0.2, 0.25) is 0 Å². The van der Waals surface area contributed by atoms with Gasteiger partial charge in [0.25, 0.3) is 0 Å². The van der Waals surface area contributed by atoms with Gasteiger partial charge in [0.2, 0.25) is 0 Å². The molecule has 6 nitrogen and oxygen atoms in total. The Balaban J connectivity index is 4.42. The summed E-state index contributed by atoms with van der Waals surface area (Å²) >= 11 is 0. The van der Waals surface area contributed by atoms with E-state index < -0.39 is 6.10 Å². The van der Waals surface area contributed by atoms with E-state index >= 15 is 0 Å². The molecule has 0 amide bonds. The zero-order valence-corrected chi connectivity index (χ0v) is 42.7.